The molecule has 5 nitrogen and oxygen atoms in total. The number of nitrogens with one attached hydrogen (secondary N) is 2. The van der Waals surface area contributed by atoms with E-state index in [1.165, 1.54) is 11.1 Å². The molecule has 3 aromatic rings. The van der Waals surface area contributed by atoms with Crippen molar-refractivity contribution in [1.29, 1.82) is 0 Å². The van der Waals surface area contributed by atoms with Crippen molar-refractivity contribution in [2.24, 2.45) is 10.7 Å². The molecule has 0 unspecified atom stereocenters. The van der Waals surface area contributed by atoms with Crippen LogP contribution in [0.4, 0.5) is 5.69 Å². The van der Waals surface area contributed by atoms with E-state index in [9.17, 15) is 0 Å². The SMILES string of the molecule is CCc1cccc(CC)c1NC(N)=NCCCc1nc2ccccc2[nH]1.I. The average Bonchev–Trinajstić information content (AvgIpc) is 3.08. The molecule has 6 heteroatoms. The second kappa shape index (κ2) is 10.3. The number of nitrogens with two attached hydrogens (primary N) is 1. The van der Waals surface area contributed by atoms with Crippen LogP contribution < -0.4 is 11.1 Å². The number of aromatic amines is 1. The molecule has 0 bridgehead atoms. The number of H-pyrrole nitrogens is 1. The minimum Gasteiger partial charge on any atom is -0.370 e. The molecular weight excluding hydrogens is 449 g/mol. The van der Waals surface area contributed by atoms with Gasteiger partial charge in [0.15, 0.2) is 5.96 Å². The lowest BCUT2D eigenvalue weighted by Gasteiger charge is -2.14. The van der Waals surface area contributed by atoms with Crippen molar-refractivity contribution in [3.63, 3.8) is 0 Å². The Morgan fingerprint density at radius 3 is 2.44 bits per heavy atom. The molecular formula is C21H28IN5. The van der Waals surface area contributed by atoms with Crippen molar-refractivity contribution in [3.05, 3.63) is 59.4 Å². The minimum atomic E-state index is 0. The van der Waals surface area contributed by atoms with Gasteiger partial charge in [0.25, 0.3) is 0 Å². The maximum absolute atomic E-state index is 6.11. The van der Waals surface area contributed by atoms with E-state index < -0.39 is 0 Å². The predicted octanol–water partition coefficient (Wildman–Crippen LogP) is 4.67. The van der Waals surface area contributed by atoms with Crippen molar-refractivity contribution in [2.45, 2.75) is 39.5 Å². The first-order valence-electron chi connectivity index (χ1n) is 9.32. The van der Waals surface area contributed by atoms with Gasteiger partial charge < -0.3 is 16.0 Å². The highest BCUT2D eigenvalue weighted by Crippen LogP contribution is 2.22. The number of anilines is 1. The number of imidazole rings is 1. The number of rotatable bonds is 7. The summed E-state index contributed by atoms with van der Waals surface area (Å²) in [7, 11) is 0. The number of aliphatic imine (C=N–C) groups is 1. The van der Waals surface area contributed by atoms with Gasteiger partial charge in [0, 0.05) is 18.7 Å². The number of aryl methyl sites for hydroxylation is 3. The summed E-state index contributed by atoms with van der Waals surface area (Å²) in [4.78, 5) is 12.4. The third-order valence-electron chi connectivity index (χ3n) is 4.54. The van der Waals surface area contributed by atoms with Gasteiger partial charge in [0.05, 0.1) is 11.0 Å². The van der Waals surface area contributed by atoms with Crippen molar-refractivity contribution in [3.8, 4) is 0 Å². The molecule has 0 fully saturated rings. The van der Waals surface area contributed by atoms with Crippen LogP contribution in [0.3, 0.4) is 0 Å². The molecule has 144 valence electrons. The number of halogens is 1. The number of fused-ring (bicyclic) bond motifs is 1. The highest BCUT2D eigenvalue weighted by atomic mass is 127. The van der Waals surface area contributed by atoms with Crippen molar-refractivity contribution in [2.75, 3.05) is 11.9 Å². The molecule has 3 rings (SSSR count). The maximum Gasteiger partial charge on any atom is 0.193 e. The third-order valence-corrected chi connectivity index (χ3v) is 4.54. The zero-order chi connectivity index (χ0) is 18.4. The summed E-state index contributed by atoms with van der Waals surface area (Å²) in [5.74, 6) is 1.47. The van der Waals surface area contributed by atoms with E-state index in [0.29, 0.717) is 12.5 Å². The lowest BCUT2D eigenvalue weighted by Crippen LogP contribution is -2.24. The predicted molar refractivity (Wildman–Crippen MR) is 125 cm³/mol. The van der Waals surface area contributed by atoms with Crippen molar-refractivity contribution >= 4 is 46.7 Å². The molecule has 27 heavy (non-hydrogen) atoms. The molecule has 0 amide bonds. The van der Waals surface area contributed by atoms with Crippen LogP contribution >= 0.6 is 24.0 Å². The highest BCUT2D eigenvalue weighted by Gasteiger charge is 2.07. The van der Waals surface area contributed by atoms with E-state index in [0.717, 1.165) is 48.2 Å². The molecule has 0 saturated heterocycles. The van der Waals surface area contributed by atoms with Gasteiger partial charge in [0.1, 0.15) is 5.82 Å². The Balaban J connectivity index is 0.00000261. The van der Waals surface area contributed by atoms with Crippen LogP contribution in [0.5, 0.6) is 0 Å². The van der Waals surface area contributed by atoms with Gasteiger partial charge in [0.2, 0.25) is 0 Å². The second-order valence-electron chi connectivity index (χ2n) is 6.35. The number of aromatic nitrogens is 2. The Kier molecular flexibility index (Phi) is 8.09. The van der Waals surface area contributed by atoms with E-state index in [1.54, 1.807) is 0 Å². The summed E-state index contributed by atoms with van der Waals surface area (Å²) in [5, 5.41) is 3.31. The quantitative estimate of drug-likeness (QED) is 0.200. The number of hydrogen-bond acceptors (Lipinski definition) is 2. The number of benzene rings is 2. The largest absolute Gasteiger partial charge is 0.370 e. The molecule has 1 aromatic heterocycles. The average molecular weight is 477 g/mol. The first-order chi connectivity index (χ1) is 12.7. The Morgan fingerprint density at radius 2 is 1.78 bits per heavy atom. The van der Waals surface area contributed by atoms with Crippen LogP contribution in [0, 0.1) is 0 Å². The molecule has 0 spiro atoms. The van der Waals surface area contributed by atoms with Crippen LogP contribution in [0.15, 0.2) is 47.5 Å². The Morgan fingerprint density at radius 1 is 1.07 bits per heavy atom. The molecule has 0 atom stereocenters. The normalized spacial score (nSPS) is 11.4. The second-order valence-corrected chi connectivity index (χ2v) is 6.35. The molecule has 2 aromatic carbocycles. The van der Waals surface area contributed by atoms with Crippen LogP contribution in [0.1, 0.15) is 37.2 Å². The van der Waals surface area contributed by atoms with E-state index in [-0.39, 0.29) is 24.0 Å². The van der Waals surface area contributed by atoms with Gasteiger partial charge in [-0.15, -0.1) is 24.0 Å². The number of para-hydroxylation sites is 3. The lowest BCUT2D eigenvalue weighted by molar-refractivity contribution is 0.796. The van der Waals surface area contributed by atoms with Gasteiger partial charge >= 0.3 is 0 Å². The lowest BCUT2D eigenvalue weighted by atomic mass is 10.0. The van der Waals surface area contributed by atoms with Gasteiger partial charge in [-0.3, -0.25) is 4.99 Å². The fourth-order valence-corrected chi connectivity index (χ4v) is 3.14. The first kappa shape index (κ1) is 21.2. The molecule has 0 saturated carbocycles. The Labute approximate surface area is 177 Å². The topological polar surface area (TPSA) is 79.1 Å². The van der Waals surface area contributed by atoms with Gasteiger partial charge in [-0.05, 0) is 42.5 Å². The number of guanidine groups is 1. The third kappa shape index (κ3) is 5.45. The van der Waals surface area contributed by atoms with E-state index >= 15 is 0 Å². The summed E-state index contributed by atoms with van der Waals surface area (Å²) >= 11 is 0. The summed E-state index contributed by atoms with van der Waals surface area (Å²) in [5.41, 5.74) is 11.8. The van der Waals surface area contributed by atoms with Crippen molar-refractivity contribution in [1.82, 2.24) is 9.97 Å². The Bertz CT molecular complexity index is 845. The molecule has 0 aliphatic rings. The first-order valence-corrected chi connectivity index (χ1v) is 9.32. The summed E-state index contributed by atoms with van der Waals surface area (Å²) in [6, 6.07) is 14.5. The highest BCUT2D eigenvalue weighted by molar-refractivity contribution is 14.0. The Hall–Kier alpha value is -2.09. The molecule has 0 radical (unpaired) electrons. The van der Waals surface area contributed by atoms with Crippen LogP contribution in [0.25, 0.3) is 11.0 Å². The zero-order valence-electron chi connectivity index (χ0n) is 16.0. The van der Waals surface area contributed by atoms with Crippen LogP contribution in [0.2, 0.25) is 0 Å². The van der Waals surface area contributed by atoms with E-state index in [2.05, 4.69) is 52.3 Å². The summed E-state index contributed by atoms with van der Waals surface area (Å²) in [6.45, 7) is 4.98. The van der Waals surface area contributed by atoms with Crippen LogP contribution in [-0.2, 0) is 19.3 Å². The van der Waals surface area contributed by atoms with Crippen molar-refractivity contribution < 1.29 is 0 Å². The van der Waals surface area contributed by atoms with E-state index in [4.69, 9.17) is 5.73 Å². The van der Waals surface area contributed by atoms with Gasteiger partial charge in [-0.2, -0.15) is 0 Å². The molecule has 4 N–H and O–H groups in total. The minimum absolute atomic E-state index is 0. The van der Waals surface area contributed by atoms with Gasteiger partial charge in [-0.25, -0.2) is 4.98 Å². The monoisotopic (exact) mass is 477 g/mol. The molecule has 0 aliphatic carbocycles. The molecule has 0 aliphatic heterocycles. The zero-order valence-corrected chi connectivity index (χ0v) is 18.3. The standard InChI is InChI=1S/C21H27N5.HI/c1-3-15-9-7-10-16(4-2)20(15)26-21(22)23-14-8-13-19-24-17-11-5-6-12-18(17)25-19;/h5-7,9-12H,3-4,8,13-14H2,1-2H3,(H,24,25)(H3,22,23,26);1H. The fourth-order valence-electron chi connectivity index (χ4n) is 3.14. The molecule has 1 heterocycles. The van der Waals surface area contributed by atoms with E-state index in [1.807, 2.05) is 24.3 Å². The maximum atomic E-state index is 6.11. The fraction of sp³-hybridized carbons (Fsp3) is 0.333. The smallest absolute Gasteiger partial charge is 0.193 e. The summed E-state index contributed by atoms with van der Waals surface area (Å²) in [6.07, 6.45) is 3.69. The summed E-state index contributed by atoms with van der Waals surface area (Å²) < 4.78 is 0. The van der Waals surface area contributed by atoms with Crippen LogP contribution in [-0.4, -0.2) is 22.5 Å². The van der Waals surface area contributed by atoms with Gasteiger partial charge in [-0.1, -0.05) is 44.2 Å². The number of nitrogens with zero attached hydrogens (tertiary/aromatic N) is 2. The number of hydrogen-bond donors (Lipinski definition) is 3.